The number of ether oxygens (including phenoxy) is 1. The molecule has 1 fully saturated rings. The lowest BCUT2D eigenvalue weighted by Gasteiger charge is -2.28. The van der Waals surface area contributed by atoms with Gasteiger partial charge in [-0.25, -0.2) is 4.79 Å². The zero-order valence-corrected chi connectivity index (χ0v) is 17.1. The Hall–Kier alpha value is -2.86. The monoisotopic (exact) mass is 395 g/mol. The zero-order chi connectivity index (χ0) is 20.6. The molecule has 0 aromatic heterocycles. The van der Waals surface area contributed by atoms with Crippen molar-refractivity contribution in [3.05, 3.63) is 65.7 Å². The maximum absolute atomic E-state index is 12.8. The lowest BCUT2D eigenvalue weighted by atomic mass is 10.1. The molecule has 154 valence electrons. The lowest BCUT2D eigenvalue weighted by Crippen LogP contribution is -2.43. The molecular formula is C23H29N3O3. The van der Waals surface area contributed by atoms with Gasteiger partial charge in [-0.1, -0.05) is 36.4 Å². The standard InChI is InChI=1S/C23H29N3O3/c1-25(21(17-29-2)15-18-9-4-3-5-10-18)23(28)24-20-12-8-11-19(16-20)22(27)26-13-6-7-14-26/h3-5,8-12,16,21H,6-7,13-15,17H2,1-2H3,(H,24,28)/t21-/m1/s1. The molecule has 29 heavy (non-hydrogen) atoms. The number of amides is 3. The number of anilines is 1. The Morgan fingerprint density at radius 2 is 1.83 bits per heavy atom. The molecule has 0 bridgehead atoms. The van der Waals surface area contributed by atoms with Crippen LogP contribution in [0.1, 0.15) is 28.8 Å². The summed E-state index contributed by atoms with van der Waals surface area (Å²) in [7, 11) is 3.40. The van der Waals surface area contributed by atoms with Gasteiger partial charge in [0.2, 0.25) is 0 Å². The molecule has 6 nitrogen and oxygen atoms in total. The molecule has 6 heteroatoms. The van der Waals surface area contributed by atoms with Gasteiger partial charge in [-0.15, -0.1) is 0 Å². The molecule has 2 aromatic carbocycles. The highest BCUT2D eigenvalue weighted by molar-refractivity contribution is 5.97. The molecule has 1 N–H and O–H groups in total. The van der Waals surface area contributed by atoms with Crippen LogP contribution in [-0.2, 0) is 11.2 Å². The molecule has 1 aliphatic heterocycles. The van der Waals surface area contributed by atoms with E-state index in [4.69, 9.17) is 4.74 Å². The van der Waals surface area contributed by atoms with Crippen molar-refractivity contribution in [2.45, 2.75) is 25.3 Å². The van der Waals surface area contributed by atoms with Gasteiger partial charge in [-0.3, -0.25) is 4.79 Å². The van der Waals surface area contributed by atoms with E-state index in [1.165, 1.54) is 0 Å². The summed E-state index contributed by atoms with van der Waals surface area (Å²) in [5, 5.41) is 2.91. The molecular weight excluding hydrogens is 366 g/mol. The first-order valence-corrected chi connectivity index (χ1v) is 10.0. The van der Waals surface area contributed by atoms with Crippen molar-refractivity contribution in [1.29, 1.82) is 0 Å². The third-order valence-corrected chi connectivity index (χ3v) is 5.30. The summed E-state index contributed by atoms with van der Waals surface area (Å²) in [6.07, 6.45) is 2.80. The highest BCUT2D eigenvalue weighted by Crippen LogP contribution is 2.17. The molecule has 3 amide bonds. The Balaban J connectivity index is 1.66. The molecule has 1 atom stereocenters. The van der Waals surface area contributed by atoms with E-state index in [9.17, 15) is 9.59 Å². The van der Waals surface area contributed by atoms with Gasteiger partial charge in [-0.2, -0.15) is 0 Å². The van der Waals surface area contributed by atoms with Crippen LogP contribution in [0.3, 0.4) is 0 Å². The number of nitrogens with one attached hydrogen (secondary N) is 1. The molecule has 1 saturated heterocycles. The number of carbonyl (C=O) groups is 2. The molecule has 0 spiro atoms. The van der Waals surface area contributed by atoms with Gasteiger partial charge < -0.3 is 19.9 Å². The van der Waals surface area contributed by atoms with Crippen LogP contribution in [-0.4, -0.2) is 61.6 Å². The second-order valence-electron chi connectivity index (χ2n) is 7.42. The van der Waals surface area contributed by atoms with Crippen LogP contribution >= 0.6 is 0 Å². The summed E-state index contributed by atoms with van der Waals surface area (Å²) in [6.45, 7) is 2.04. The maximum Gasteiger partial charge on any atom is 0.321 e. The molecule has 3 rings (SSSR count). The summed E-state index contributed by atoms with van der Waals surface area (Å²) in [5.74, 6) is 0.0216. The summed E-state index contributed by atoms with van der Waals surface area (Å²) >= 11 is 0. The lowest BCUT2D eigenvalue weighted by molar-refractivity contribution is 0.0793. The van der Waals surface area contributed by atoms with Gasteiger partial charge in [0.15, 0.2) is 0 Å². The molecule has 1 aliphatic rings. The summed E-state index contributed by atoms with van der Waals surface area (Å²) in [5.41, 5.74) is 2.36. The van der Waals surface area contributed by atoms with Crippen LogP contribution in [0.25, 0.3) is 0 Å². The van der Waals surface area contributed by atoms with Crippen molar-refractivity contribution in [1.82, 2.24) is 9.80 Å². The van der Waals surface area contributed by atoms with Crippen LogP contribution < -0.4 is 5.32 Å². The highest BCUT2D eigenvalue weighted by Gasteiger charge is 2.22. The van der Waals surface area contributed by atoms with Crippen LogP contribution in [0.4, 0.5) is 10.5 Å². The number of carbonyl (C=O) groups excluding carboxylic acids is 2. The average molecular weight is 396 g/mol. The number of benzene rings is 2. The van der Waals surface area contributed by atoms with E-state index >= 15 is 0 Å². The molecule has 0 radical (unpaired) electrons. The number of methoxy groups -OCH3 is 1. The van der Waals surface area contributed by atoms with Gasteiger partial charge in [0.25, 0.3) is 5.91 Å². The normalized spacial score (nSPS) is 14.5. The van der Waals surface area contributed by atoms with Crippen molar-refractivity contribution in [3.63, 3.8) is 0 Å². The van der Waals surface area contributed by atoms with E-state index < -0.39 is 0 Å². The van der Waals surface area contributed by atoms with E-state index in [1.807, 2.05) is 35.2 Å². The largest absolute Gasteiger partial charge is 0.383 e. The molecule has 0 unspecified atom stereocenters. The SMILES string of the molecule is COC[C@@H](Cc1ccccc1)N(C)C(=O)Nc1cccc(C(=O)N2CCCC2)c1. The molecule has 1 heterocycles. The fourth-order valence-electron chi connectivity index (χ4n) is 3.60. The number of likely N-dealkylation sites (tertiary alicyclic amines) is 1. The van der Waals surface area contributed by atoms with E-state index in [2.05, 4.69) is 5.32 Å². The average Bonchev–Trinajstić information content (AvgIpc) is 3.28. The Labute approximate surface area is 172 Å². The third-order valence-electron chi connectivity index (χ3n) is 5.30. The van der Waals surface area contributed by atoms with Crippen molar-refractivity contribution in [2.24, 2.45) is 0 Å². The van der Waals surface area contributed by atoms with Crippen molar-refractivity contribution in [3.8, 4) is 0 Å². The first-order chi connectivity index (χ1) is 14.1. The highest BCUT2D eigenvalue weighted by atomic mass is 16.5. The smallest absolute Gasteiger partial charge is 0.321 e. The Morgan fingerprint density at radius 3 is 2.52 bits per heavy atom. The van der Waals surface area contributed by atoms with Crippen molar-refractivity contribution >= 4 is 17.6 Å². The minimum absolute atomic E-state index is 0.0216. The number of hydrogen-bond acceptors (Lipinski definition) is 3. The fourth-order valence-corrected chi connectivity index (χ4v) is 3.60. The van der Waals surface area contributed by atoms with E-state index in [1.54, 1.807) is 43.3 Å². The molecule has 0 aliphatic carbocycles. The predicted molar refractivity (Wildman–Crippen MR) is 114 cm³/mol. The van der Waals surface area contributed by atoms with Gasteiger partial charge in [-0.05, 0) is 43.0 Å². The fraction of sp³-hybridized carbons (Fsp3) is 0.391. The van der Waals surface area contributed by atoms with Gasteiger partial charge in [0.1, 0.15) is 0 Å². The van der Waals surface area contributed by atoms with Gasteiger partial charge >= 0.3 is 6.03 Å². The topological polar surface area (TPSA) is 61.9 Å². The number of nitrogens with zero attached hydrogens (tertiary/aromatic N) is 2. The minimum Gasteiger partial charge on any atom is -0.383 e. The van der Waals surface area contributed by atoms with Gasteiger partial charge in [0.05, 0.1) is 12.6 Å². The number of hydrogen-bond donors (Lipinski definition) is 1. The number of rotatable bonds is 7. The van der Waals surface area contributed by atoms with Crippen LogP contribution in [0, 0.1) is 0 Å². The summed E-state index contributed by atoms with van der Waals surface area (Å²) in [4.78, 5) is 28.9. The zero-order valence-electron chi connectivity index (χ0n) is 17.1. The van der Waals surface area contributed by atoms with Gasteiger partial charge in [0, 0.05) is 38.5 Å². The maximum atomic E-state index is 12.8. The Kier molecular flexibility index (Phi) is 7.25. The van der Waals surface area contributed by atoms with E-state index in [0.29, 0.717) is 24.3 Å². The van der Waals surface area contributed by atoms with E-state index in [-0.39, 0.29) is 18.0 Å². The Bertz CT molecular complexity index is 819. The van der Waals surface area contributed by atoms with Crippen LogP contribution in [0.15, 0.2) is 54.6 Å². The Morgan fingerprint density at radius 1 is 1.10 bits per heavy atom. The second-order valence-corrected chi connectivity index (χ2v) is 7.42. The molecule has 0 saturated carbocycles. The third kappa shape index (κ3) is 5.57. The summed E-state index contributed by atoms with van der Waals surface area (Å²) < 4.78 is 5.33. The first kappa shape index (κ1) is 20.9. The second kappa shape index (κ2) is 10.1. The number of likely N-dealkylation sites (N-methyl/N-ethyl adjacent to an activating group) is 1. The van der Waals surface area contributed by atoms with Crippen LogP contribution in [0.5, 0.6) is 0 Å². The molecule has 2 aromatic rings. The van der Waals surface area contributed by atoms with Crippen molar-refractivity contribution < 1.29 is 14.3 Å². The first-order valence-electron chi connectivity index (χ1n) is 10.0. The van der Waals surface area contributed by atoms with E-state index in [0.717, 1.165) is 31.5 Å². The summed E-state index contributed by atoms with van der Waals surface area (Å²) in [6, 6.07) is 16.9. The quantitative estimate of drug-likeness (QED) is 0.779. The number of urea groups is 1. The van der Waals surface area contributed by atoms with Crippen LogP contribution in [0.2, 0.25) is 0 Å². The minimum atomic E-state index is -0.228. The van der Waals surface area contributed by atoms with Crippen molar-refractivity contribution in [2.75, 3.05) is 39.2 Å². The predicted octanol–water partition coefficient (Wildman–Crippen LogP) is 3.64.